The summed E-state index contributed by atoms with van der Waals surface area (Å²) in [5, 5.41) is 13.1. The van der Waals surface area contributed by atoms with E-state index < -0.39 is 6.35 Å². The van der Waals surface area contributed by atoms with Crippen molar-refractivity contribution in [2.24, 2.45) is 0 Å². The minimum atomic E-state index is -0.826. The number of nitrogen functional groups attached to an aromatic ring is 1. The summed E-state index contributed by atoms with van der Waals surface area (Å²) < 4.78 is 0. The zero-order valence-electron chi connectivity index (χ0n) is 11.9. The summed E-state index contributed by atoms with van der Waals surface area (Å²) in [5.41, 5.74) is 7.74. The zero-order valence-corrected chi connectivity index (χ0v) is 11.9. The van der Waals surface area contributed by atoms with Crippen LogP contribution >= 0.6 is 0 Å². The highest BCUT2D eigenvalue weighted by molar-refractivity contribution is 5.79. The third kappa shape index (κ3) is 8.18. The van der Waals surface area contributed by atoms with Gasteiger partial charge in [-0.25, -0.2) is 0 Å². The molecule has 0 aromatic heterocycles. The van der Waals surface area contributed by atoms with Crippen LogP contribution in [0.5, 0.6) is 0 Å². The maximum atomic E-state index is 10.1. The molecular weight excluding hydrogens is 242 g/mol. The van der Waals surface area contributed by atoms with Gasteiger partial charge in [-0.15, -0.1) is 0 Å². The molecule has 1 saturated heterocycles. The maximum absolute atomic E-state index is 10.1. The Kier molecular flexibility index (Phi) is 9.48. The summed E-state index contributed by atoms with van der Waals surface area (Å²) in [4.78, 5) is 10.1. The molecule has 1 aromatic carbocycles. The van der Waals surface area contributed by atoms with Gasteiger partial charge in [-0.3, -0.25) is 10.1 Å². The molecule has 0 radical (unpaired) electrons. The van der Waals surface area contributed by atoms with Crippen LogP contribution in [0.4, 0.5) is 5.69 Å². The molecule has 5 nitrogen and oxygen atoms in total. The second-order valence-electron chi connectivity index (χ2n) is 3.84. The standard InChI is InChI=1S/C9H13N.C3H6N2O2.C2H6/c1-2-3-8-4-6-9(10)7-5-8;6-2-1-4-3(7)5-2;1-2/h4-7H,2-3,10H2,1H3;3-4,7H,1H2,(H,5,6);1-2H3. The van der Waals surface area contributed by atoms with Crippen molar-refractivity contribution in [3.8, 4) is 0 Å². The first-order chi connectivity index (χ1) is 9.11. The van der Waals surface area contributed by atoms with Crippen molar-refractivity contribution in [1.82, 2.24) is 10.6 Å². The van der Waals surface area contributed by atoms with Gasteiger partial charge in [0.1, 0.15) is 0 Å². The van der Waals surface area contributed by atoms with Gasteiger partial charge >= 0.3 is 0 Å². The fraction of sp³-hybridized carbons (Fsp3) is 0.500. The summed E-state index contributed by atoms with van der Waals surface area (Å²) in [7, 11) is 0. The van der Waals surface area contributed by atoms with Crippen molar-refractivity contribution in [2.75, 3.05) is 12.3 Å². The molecule has 5 N–H and O–H groups in total. The zero-order chi connectivity index (χ0) is 14.7. The number of carbonyl (C=O) groups is 1. The van der Waals surface area contributed by atoms with Crippen molar-refractivity contribution in [2.45, 2.75) is 40.0 Å². The van der Waals surface area contributed by atoms with E-state index in [0.29, 0.717) is 0 Å². The van der Waals surface area contributed by atoms with Crippen LogP contribution in [0.3, 0.4) is 0 Å². The average molecular weight is 267 g/mol. The quantitative estimate of drug-likeness (QED) is 0.607. The molecule has 1 aliphatic heterocycles. The molecule has 1 aromatic rings. The maximum Gasteiger partial charge on any atom is 0.237 e. The van der Waals surface area contributed by atoms with Crippen LogP contribution in [-0.2, 0) is 11.2 Å². The lowest BCUT2D eigenvalue weighted by molar-refractivity contribution is -0.119. The lowest BCUT2D eigenvalue weighted by Crippen LogP contribution is -2.30. The van der Waals surface area contributed by atoms with Gasteiger partial charge in [-0.1, -0.05) is 39.3 Å². The molecule has 1 unspecified atom stereocenters. The van der Waals surface area contributed by atoms with E-state index in [2.05, 4.69) is 29.7 Å². The smallest absolute Gasteiger partial charge is 0.237 e. The summed E-state index contributed by atoms with van der Waals surface area (Å²) in [5.74, 6) is -0.160. The van der Waals surface area contributed by atoms with Crippen molar-refractivity contribution >= 4 is 11.6 Å². The lowest BCUT2D eigenvalue weighted by Gasteiger charge is -1.97. The van der Waals surface area contributed by atoms with Gasteiger partial charge in [0.25, 0.3) is 0 Å². The molecule has 0 bridgehead atoms. The largest absolute Gasteiger partial charge is 0.399 e. The van der Waals surface area contributed by atoms with Gasteiger partial charge in [0.15, 0.2) is 6.35 Å². The number of aliphatic hydroxyl groups excluding tert-OH is 1. The second-order valence-corrected chi connectivity index (χ2v) is 3.84. The molecule has 1 fully saturated rings. The Hall–Kier alpha value is -1.59. The molecule has 5 heteroatoms. The number of hydrogen-bond acceptors (Lipinski definition) is 4. The first-order valence-corrected chi connectivity index (χ1v) is 6.67. The van der Waals surface area contributed by atoms with Crippen LogP contribution in [-0.4, -0.2) is 23.9 Å². The van der Waals surface area contributed by atoms with Crippen LogP contribution in [0.25, 0.3) is 0 Å². The molecule has 1 aliphatic rings. The van der Waals surface area contributed by atoms with Crippen molar-refractivity contribution in [3.63, 3.8) is 0 Å². The Balaban J connectivity index is 0.000000316. The molecule has 1 heterocycles. The molecule has 2 rings (SSSR count). The third-order valence-corrected chi connectivity index (χ3v) is 2.27. The minimum Gasteiger partial charge on any atom is -0.399 e. The van der Waals surface area contributed by atoms with E-state index in [4.69, 9.17) is 10.8 Å². The number of aryl methyl sites for hydroxylation is 1. The Morgan fingerprint density at radius 1 is 1.32 bits per heavy atom. The second kappa shape index (κ2) is 10.3. The van der Waals surface area contributed by atoms with E-state index in [1.807, 2.05) is 26.0 Å². The average Bonchev–Trinajstić information content (AvgIpc) is 2.79. The van der Waals surface area contributed by atoms with Crippen LogP contribution in [0, 0.1) is 0 Å². The number of anilines is 1. The lowest BCUT2D eigenvalue weighted by atomic mass is 10.1. The minimum absolute atomic E-state index is 0.160. The van der Waals surface area contributed by atoms with Crippen LogP contribution in [0.15, 0.2) is 24.3 Å². The first-order valence-electron chi connectivity index (χ1n) is 6.67. The van der Waals surface area contributed by atoms with Crippen molar-refractivity contribution < 1.29 is 9.90 Å². The number of nitrogens with one attached hydrogen (secondary N) is 2. The Labute approximate surface area is 115 Å². The third-order valence-electron chi connectivity index (χ3n) is 2.27. The van der Waals surface area contributed by atoms with Crippen molar-refractivity contribution in [1.29, 1.82) is 0 Å². The van der Waals surface area contributed by atoms with Gasteiger partial charge in [0.05, 0.1) is 6.54 Å². The van der Waals surface area contributed by atoms with Gasteiger partial charge in [0, 0.05) is 5.69 Å². The SMILES string of the molecule is CC.CCCc1ccc(N)cc1.O=C1CNC(O)N1. The number of amides is 1. The van der Waals surface area contributed by atoms with E-state index >= 15 is 0 Å². The highest BCUT2D eigenvalue weighted by Gasteiger charge is 2.15. The highest BCUT2D eigenvalue weighted by Crippen LogP contribution is 2.06. The summed E-state index contributed by atoms with van der Waals surface area (Å²) in [6, 6.07) is 8.06. The summed E-state index contributed by atoms with van der Waals surface area (Å²) >= 11 is 0. The topological polar surface area (TPSA) is 87.4 Å². The van der Waals surface area contributed by atoms with Gasteiger partial charge in [0.2, 0.25) is 5.91 Å². The van der Waals surface area contributed by atoms with Gasteiger partial charge in [-0.05, 0) is 24.1 Å². The number of carbonyl (C=O) groups excluding carboxylic acids is 1. The Morgan fingerprint density at radius 2 is 1.89 bits per heavy atom. The molecular formula is C14H25N3O2. The van der Waals surface area contributed by atoms with Crippen molar-refractivity contribution in [3.05, 3.63) is 29.8 Å². The Morgan fingerprint density at radius 3 is 2.21 bits per heavy atom. The molecule has 1 atom stereocenters. The molecule has 108 valence electrons. The van der Waals surface area contributed by atoms with Crippen LogP contribution < -0.4 is 16.4 Å². The normalized spacial score (nSPS) is 16.6. The van der Waals surface area contributed by atoms with E-state index in [9.17, 15) is 4.79 Å². The number of hydrogen-bond donors (Lipinski definition) is 4. The highest BCUT2D eigenvalue weighted by atomic mass is 16.3. The first kappa shape index (κ1) is 17.4. The van der Waals surface area contributed by atoms with Gasteiger partial charge < -0.3 is 16.2 Å². The number of nitrogens with two attached hydrogens (primary N) is 1. The monoisotopic (exact) mass is 267 g/mol. The summed E-state index contributed by atoms with van der Waals surface area (Å²) in [6.07, 6.45) is 1.52. The van der Waals surface area contributed by atoms with E-state index in [0.717, 1.165) is 12.1 Å². The van der Waals surface area contributed by atoms with E-state index in [1.165, 1.54) is 12.0 Å². The van der Waals surface area contributed by atoms with Gasteiger partial charge in [-0.2, -0.15) is 0 Å². The molecule has 19 heavy (non-hydrogen) atoms. The fourth-order valence-corrected chi connectivity index (χ4v) is 1.42. The number of aliphatic hydroxyl groups is 1. The molecule has 0 saturated carbocycles. The van der Waals surface area contributed by atoms with E-state index in [1.54, 1.807) is 0 Å². The summed E-state index contributed by atoms with van der Waals surface area (Å²) in [6.45, 7) is 6.40. The van der Waals surface area contributed by atoms with E-state index in [-0.39, 0.29) is 12.5 Å². The van der Waals surface area contributed by atoms with Crippen LogP contribution in [0.1, 0.15) is 32.8 Å². The molecule has 0 spiro atoms. The predicted molar refractivity (Wildman–Crippen MR) is 78.3 cm³/mol. The predicted octanol–water partition coefficient (Wildman–Crippen LogP) is 1.23. The number of rotatable bonds is 2. The molecule has 0 aliphatic carbocycles. The number of benzene rings is 1. The molecule has 1 amide bonds. The Bertz CT molecular complexity index is 352. The van der Waals surface area contributed by atoms with Crippen LogP contribution in [0.2, 0.25) is 0 Å². The fourth-order valence-electron chi connectivity index (χ4n) is 1.42.